The van der Waals surface area contributed by atoms with Crippen molar-refractivity contribution in [1.29, 1.82) is 0 Å². The van der Waals surface area contributed by atoms with Gasteiger partial charge >= 0.3 is 0 Å². The number of hydrogen-bond donors (Lipinski definition) is 0. The molecule has 1 fully saturated rings. The lowest BCUT2D eigenvalue weighted by Crippen LogP contribution is -2.23. The number of nitrogens with zero attached hydrogens (tertiary/aromatic N) is 1. The third kappa shape index (κ3) is 4.13. The van der Waals surface area contributed by atoms with Crippen LogP contribution in [0.3, 0.4) is 0 Å². The molecule has 0 aliphatic carbocycles. The smallest absolute Gasteiger partial charge is 0.0710 e. The molecule has 0 spiro atoms. The average molecular weight is 195 g/mol. The summed E-state index contributed by atoms with van der Waals surface area (Å²) < 4.78 is 5.30. The first-order chi connectivity index (χ1) is 6.51. The van der Waals surface area contributed by atoms with Gasteiger partial charge < -0.3 is 4.74 Å². The second kappa shape index (κ2) is 4.82. The Morgan fingerprint density at radius 3 is 2.64 bits per heavy atom. The van der Waals surface area contributed by atoms with Crippen LogP contribution in [0.15, 0.2) is 0 Å². The highest BCUT2D eigenvalue weighted by atomic mass is 16.5. The van der Waals surface area contributed by atoms with Crippen molar-refractivity contribution in [2.45, 2.75) is 33.3 Å². The second-order valence-corrected chi connectivity index (χ2v) is 4.93. The Morgan fingerprint density at radius 1 is 1.43 bits per heavy atom. The Bertz CT molecular complexity index is 231. The van der Waals surface area contributed by atoms with Gasteiger partial charge in [-0.1, -0.05) is 11.8 Å². The van der Waals surface area contributed by atoms with Gasteiger partial charge in [0, 0.05) is 25.6 Å². The maximum absolute atomic E-state index is 5.30. The molecule has 0 aromatic carbocycles. The standard InChI is InChI=1S/C12H21NO/c1-12(2,3)7-5-8-13-9-6-11(10-13)14-4/h11H,6,8-10H2,1-4H3/t11-/m1/s1. The predicted molar refractivity (Wildman–Crippen MR) is 59.1 cm³/mol. The Kier molecular flexibility index (Phi) is 3.97. The Hall–Kier alpha value is -0.520. The van der Waals surface area contributed by atoms with Crippen LogP contribution in [-0.2, 0) is 4.74 Å². The molecule has 0 amide bonds. The van der Waals surface area contributed by atoms with E-state index in [0.717, 1.165) is 26.1 Å². The summed E-state index contributed by atoms with van der Waals surface area (Å²) in [5.74, 6) is 6.48. The Morgan fingerprint density at radius 2 is 2.14 bits per heavy atom. The van der Waals surface area contributed by atoms with E-state index in [1.165, 1.54) is 0 Å². The SMILES string of the molecule is CO[C@@H]1CCN(CC#CC(C)(C)C)C1. The van der Waals surface area contributed by atoms with Gasteiger partial charge in [-0.25, -0.2) is 0 Å². The summed E-state index contributed by atoms with van der Waals surface area (Å²) in [6.07, 6.45) is 1.57. The quantitative estimate of drug-likeness (QED) is 0.622. The van der Waals surface area contributed by atoms with E-state index in [1.807, 2.05) is 0 Å². The van der Waals surface area contributed by atoms with Gasteiger partial charge in [0.2, 0.25) is 0 Å². The molecule has 0 saturated carbocycles. The molecule has 0 aromatic rings. The zero-order valence-corrected chi connectivity index (χ0v) is 9.76. The van der Waals surface area contributed by atoms with Crippen molar-refractivity contribution >= 4 is 0 Å². The van der Waals surface area contributed by atoms with Crippen molar-refractivity contribution in [3.8, 4) is 11.8 Å². The van der Waals surface area contributed by atoms with Gasteiger partial charge in [0.1, 0.15) is 0 Å². The maximum Gasteiger partial charge on any atom is 0.0710 e. The molecule has 80 valence electrons. The van der Waals surface area contributed by atoms with Crippen LogP contribution in [0.2, 0.25) is 0 Å². The molecule has 1 saturated heterocycles. The molecule has 1 rings (SSSR count). The lowest BCUT2D eigenvalue weighted by molar-refractivity contribution is 0.110. The molecular weight excluding hydrogens is 174 g/mol. The number of ether oxygens (including phenoxy) is 1. The average Bonchev–Trinajstić information content (AvgIpc) is 2.50. The van der Waals surface area contributed by atoms with Crippen molar-refractivity contribution in [2.24, 2.45) is 5.41 Å². The van der Waals surface area contributed by atoms with Crippen molar-refractivity contribution in [3.05, 3.63) is 0 Å². The largest absolute Gasteiger partial charge is 0.380 e. The maximum atomic E-state index is 5.30. The fourth-order valence-electron chi connectivity index (χ4n) is 1.55. The highest BCUT2D eigenvalue weighted by Crippen LogP contribution is 2.12. The molecule has 0 radical (unpaired) electrons. The minimum absolute atomic E-state index is 0.125. The van der Waals surface area contributed by atoms with E-state index in [9.17, 15) is 0 Å². The van der Waals surface area contributed by atoms with Crippen LogP contribution in [0.25, 0.3) is 0 Å². The van der Waals surface area contributed by atoms with Crippen LogP contribution in [0, 0.1) is 17.3 Å². The van der Waals surface area contributed by atoms with Gasteiger partial charge in [0.05, 0.1) is 12.6 Å². The molecule has 14 heavy (non-hydrogen) atoms. The van der Waals surface area contributed by atoms with Crippen LogP contribution in [0.4, 0.5) is 0 Å². The zero-order chi connectivity index (χ0) is 10.6. The normalized spacial score (nSPS) is 23.3. The highest BCUT2D eigenvalue weighted by molar-refractivity contribution is 5.09. The van der Waals surface area contributed by atoms with Gasteiger partial charge in [-0.05, 0) is 27.2 Å². The fraction of sp³-hybridized carbons (Fsp3) is 0.833. The fourth-order valence-corrected chi connectivity index (χ4v) is 1.55. The van der Waals surface area contributed by atoms with Gasteiger partial charge in [-0.2, -0.15) is 0 Å². The van der Waals surface area contributed by atoms with Crippen molar-refractivity contribution < 1.29 is 4.74 Å². The van der Waals surface area contributed by atoms with E-state index in [4.69, 9.17) is 4.74 Å². The van der Waals surface area contributed by atoms with E-state index in [1.54, 1.807) is 7.11 Å². The van der Waals surface area contributed by atoms with Gasteiger partial charge in [-0.15, -0.1) is 0 Å². The van der Waals surface area contributed by atoms with Gasteiger partial charge in [0.25, 0.3) is 0 Å². The van der Waals surface area contributed by atoms with Crippen LogP contribution < -0.4 is 0 Å². The van der Waals surface area contributed by atoms with E-state index in [0.29, 0.717) is 6.10 Å². The molecule has 0 bridgehead atoms. The highest BCUT2D eigenvalue weighted by Gasteiger charge is 2.20. The summed E-state index contributed by atoms with van der Waals surface area (Å²) in [6, 6.07) is 0. The minimum Gasteiger partial charge on any atom is -0.380 e. The monoisotopic (exact) mass is 195 g/mol. The second-order valence-electron chi connectivity index (χ2n) is 4.93. The van der Waals surface area contributed by atoms with E-state index < -0.39 is 0 Å². The van der Waals surface area contributed by atoms with Crippen LogP contribution in [0.1, 0.15) is 27.2 Å². The summed E-state index contributed by atoms with van der Waals surface area (Å²) in [4.78, 5) is 2.35. The molecule has 1 aliphatic rings. The first kappa shape index (κ1) is 11.6. The number of rotatable bonds is 2. The third-order valence-electron chi connectivity index (χ3n) is 2.33. The first-order valence-electron chi connectivity index (χ1n) is 5.26. The minimum atomic E-state index is 0.125. The summed E-state index contributed by atoms with van der Waals surface area (Å²) >= 11 is 0. The van der Waals surface area contributed by atoms with Crippen molar-refractivity contribution in [1.82, 2.24) is 4.90 Å². The number of methoxy groups -OCH3 is 1. The molecular formula is C12H21NO. The molecule has 0 N–H and O–H groups in total. The summed E-state index contributed by atoms with van der Waals surface area (Å²) in [7, 11) is 1.79. The van der Waals surface area contributed by atoms with E-state index in [2.05, 4.69) is 37.5 Å². The van der Waals surface area contributed by atoms with Crippen molar-refractivity contribution in [3.63, 3.8) is 0 Å². The molecule has 1 atom stereocenters. The molecule has 0 aromatic heterocycles. The van der Waals surface area contributed by atoms with Crippen LogP contribution in [0.5, 0.6) is 0 Å². The molecule has 2 nitrogen and oxygen atoms in total. The van der Waals surface area contributed by atoms with Crippen molar-refractivity contribution in [2.75, 3.05) is 26.7 Å². The van der Waals surface area contributed by atoms with Gasteiger partial charge in [0.15, 0.2) is 0 Å². The zero-order valence-electron chi connectivity index (χ0n) is 9.76. The first-order valence-corrected chi connectivity index (χ1v) is 5.26. The van der Waals surface area contributed by atoms with Crippen LogP contribution in [-0.4, -0.2) is 37.7 Å². The number of likely N-dealkylation sites (tertiary alicyclic amines) is 1. The predicted octanol–water partition coefficient (Wildman–Crippen LogP) is 1.76. The van der Waals surface area contributed by atoms with E-state index >= 15 is 0 Å². The molecule has 1 heterocycles. The van der Waals surface area contributed by atoms with Gasteiger partial charge in [-0.3, -0.25) is 4.90 Å². The topological polar surface area (TPSA) is 12.5 Å². The lowest BCUT2D eigenvalue weighted by Gasteiger charge is -2.12. The molecule has 0 unspecified atom stereocenters. The number of hydrogen-bond acceptors (Lipinski definition) is 2. The third-order valence-corrected chi connectivity index (χ3v) is 2.33. The Balaban J connectivity index is 2.29. The van der Waals surface area contributed by atoms with E-state index in [-0.39, 0.29) is 5.41 Å². The molecule has 1 aliphatic heterocycles. The van der Waals surface area contributed by atoms with Crippen LogP contribution >= 0.6 is 0 Å². The summed E-state index contributed by atoms with van der Waals surface area (Å²) in [6.45, 7) is 9.47. The lowest BCUT2D eigenvalue weighted by atomic mass is 9.98. The molecule has 2 heteroatoms. The Labute approximate surface area is 87.6 Å². The summed E-state index contributed by atoms with van der Waals surface area (Å²) in [5, 5.41) is 0. The summed E-state index contributed by atoms with van der Waals surface area (Å²) in [5.41, 5.74) is 0.125.